The van der Waals surface area contributed by atoms with Gasteiger partial charge in [0.25, 0.3) is 0 Å². The predicted molar refractivity (Wildman–Crippen MR) is 126 cm³/mol. The topological polar surface area (TPSA) is 0 Å². The summed E-state index contributed by atoms with van der Waals surface area (Å²) in [5.41, 5.74) is 5.60. The molecule has 148 valence electrons. The van der Waals surface area contributed by atoms with Crippen LogP contribution in [0.3, 0.4) is 0 Å². The van der Waals surface area contributed by atoms with Gasteiger partial charge < -0.3 is 0 Å². The quantitative estimate of drug-likeness (QED) is 0.176. The van der Waals surface area contributed by atoms with Crippen LogP contribution in [-0.4, -0.2) is 16.1 Å². The van der Waals surface area contributed by atoms with Crippen molar-refractivity contribution in [1.29, 1.82) is 0 Å². The van der Waals surface area contributed by atoms with Crippen molar-refractivity contribution in [1.82, 2.24) is 0 Å². The fraction of sp³-hybridized carbons (Fsp3) is 0.417. The maximum atomic E-state index is 4.15. The zero-order valence-corrected chi connectivity index (χ0v) is 24.0. The molecule has 2 aromatic rings. The van der Waals surface area contributed by atoms with Gasteiger partial charge in [-0.15, -0.1) is 13.2 Å². The molecule has 27 heavy (non-hydrogen) atoms. The molecule has 0 nitrogen and oxygen atoms in total. The van der Waals surface area contributed by atoms with E-state index in [1.54, 1.807) is 0 Å². The molecule has 0 unspecified atom stereocenters. The Labute approximate surface area is 189 Å². The van der Waals surface area contributed by atoms with E-state index in [2.05, 4.69) is 101 Å². The van der Waals surface area contributed by atoms with E-state index >= 15 is 0 Å². The summed E-state index contributed by atoms with van der Waals surface area (Å²) in [6.45, 7) is 22.7. The number of hydrogen-bond donors (Lipinski definition) is 0. The molecular weight excluding hydrogens is 523 g/mol. The molecule has 0 saturated carbocycles. The Bertz CT molecular complexity index is 590. The minimum absolute atomic E-state index is 0. The first-order valence-corrected chi connectivity index (χ1v) is 17.1. The number of allylic oxidation sites excluding steroid dienone is 2. The van der Waals surface area contributed by atoms with Crippen molar-refractivity contribution in [2.75, 3.05) is 0 Å². The van der Waals surface area contributed by atoms with Gasteiger partial charge in [-0.1, -0.05) is 63.3 Å². The van der Waals surface area contributed by atoms with Crippen LogP contribution in [0.5, 0.6) is 0 Å². The van der Waals surface area contributed by atoms with Gasteiger partial charge in [0.15, 0.2) is 0 Å². The normalized spacial score (nSPS) is 11.2. The summed E-state index contributed by atoms with van der Waals surface area (Å²) in [5, 5.41) is 0. The Morgan fingerprint density at radius 2 is 0.889 bits per heavy atom. The Hall–Kier alpha value is -0.516. The largest absolute Gasteiger partial charge is 0.213 e. The molecule has 0 aliphatic heterocycles. The minimum Gasteiger partial charge on any atom is -0.213 e. The first-order chi connectivity index (χ1) is 11.9. The monoisotopic (exact) mass is 562 g/mol. The van der Waals surface area contributed by atoms with Crippen molar-refractivity contribution in [2.24, 2.45) is 0 Å². The Morgan fingerprint density at radius 1 is 0.630 bits per heavy atom. The molecule has 2 rings (SSSR count). The van der Waals surface area contributed by atoms with Crippen LogP contribution in [0.2, 0.25) is 51.4 Å². The molecule has 0 spiro atoms. The maximum absolute atomic E-state index is 4.15. The molecule has 0 atom stereocenters. The Morgan fingerprint density at radius 3 is 1.11 bits per heavy atom. The van der Waals surface area contributed by atoms with E-state index < -0.39 is 16.1 Å². The Balaban J connectivity index is 0.000000483. The first kappa shape index (κ1) is 26.5. The van der Waals surface area contributed by atoms with Crippen molar-refractivity contribution >= 4 is 16.1 Å². The molecule has 0 N–H and O–H groups in total. The summed E-state index contributed by atoms with van der Waals surface area (Å²) in [6, 6.07) is 19.6. The molecule has 3 heteroatoms. The molecule has 0 aromatic heterocycles. The van der Waals surface area contributed by atoms with Crippen LogP contribution in [0.15, 0.2) is 72.8 Å². The summed E-state index contributed by atoms with van der Waals surface area (Å²) in [5.74, 6) is 0. The SMILES string of the molecule is C=C(C[c-]1cccc1)C[Si](C)(C)C.C=C(C[c-]1cccc1)C[Si](C)(C)C.[Hf]. The molecule has 0 saturated heterocycles. The van der Waals surface area contributed by atoms with Crippen molar-refractivity contribution in [3.63, 3.8) is 0 Å². The molecule has 2 aromatic carbocycles. The summed E-state index contributed by atoms with van der Waals surface area (Å²) in [6.07, 6.45) is 2.13. The third-order valence-corrected chi connectivity index (χ3v) is 7.05. The fourth-order valence-electron chi connectivity index (χ4n) is 3.27. The van der Waals surface area contributed by atoms with Gasteiger partial charge in [-0.3, -0.25) is 0 Å². The summed E-state index contributed by atoms with van der Waals surface area (Å²) in [7, 11) is -1.91. The van der Waals surface area contributed by atoms with Gasteiger partial charge in [0.05, 0.1) is 0 Å². The maximum Gasteiger partial charge on any atom is 0.0482 e. The van der Waals surface area contributed by atoms with Gasteiger partial charge >= 0.3 is 0 Å². The molecule has 0 aliphatic rings. The van der Waals surface area contributed by atoms with E-state index in [4.69, 9.17) is 0 Å². The molecule has 0 fully saturated rings. The summed E-state index contributed by atoms with van der Waals surface area (Å²) >= 11 is 0. The van der Waals surface area contributed by atoms with Crippen LogP contribution in [-0.2, 0) is 38.7 Å². The average molecular weight is 561 g/mol. The molecule has 0 radical (unpaired) electrons. The smallest absolute Gasteiger partial charge is 0.0482 e. The fourth-order valence-corrected chi connectivity index (χ4v) is 6.52. The average Bonchev–Trinajstić information content (AvgIpc) is 3.08. The standard InChI is InChI=1S/2C12H19Si.Hf/c2*1-11(10-13(2,3)4)9-12-7-5-6-8-12;/h2*5-8H,1,9-10H2,2-4H3;/q2*-1;. The van der Waals surface area contributed by atoms with Crippen molar-refractivity contribution in [2.45, 2.75) is 64.2 Å². The third kappa shape index (κ3) is 14.2. The zero-order chi connectivity index (χ0) is 19.8. The summed E-state index contributed by atoms with van der Waals surface area (Å²) < 4.78 is 0. The van der Waals surface area contributed by atoms with E-state index in [9.17, 15) is 0 Å². The van der Waals surface area contributed by atoms with Gasteiger partial charge in [-0.05, 0) is 12.1 Å². The second kappa shape index (κ2) is 12.1. The molecule has 0 heterocycles. The molecule has 0 amide bonds. The minimum atomic E-state index is -0.953. The van der Waals surface area contributed by atoms with Crippen LogP contribution >= 0.6 is 0 Å². The van der Waals surface area contributed by atoms with Gasteiger partial charge in [-0.25, -0.2) is 24.3 Å². The van der Waals surface area contributed by atoms with E-state index in [-0.39, 0.29) is 25.8 Å². The molecule has 0 bridgehead atoms. The zero-order valence-electron chi connectivity index (χ0n) is 18.4. The van der Waals surface area contributed by atoms with E-state index in [1.807, 2.05) is 0 Å². The molecular formula is C24H38HfSi2-2. The van der Waals surface area contributed by atoms with Gasteiger partial charge in [-0.2, -0.15) is 35.4 Å². The first-order valence-electron chi connectivity index (χ1n) is 9.69. The van der Waals surface area contributed by atoms with Gasteiger partial charge in [0, 0.05) is 42.0 Å². The van der Waals surface area contributed by atoms with Crippen molar-refractivity contribution < 1.29 is 25.8 Å². The van der Waals surface area contributed by atoms with Crippen LogP contribution < -0.4 is 0 Å². The summed E-state index contributed by atoms with van der Waals surface area (Å²) in [4.78, 5) is 0. The van der Waals surface area contributed by atoms with Crippen LogP contribution in [0.25, 0.3) is 0 Å². The number of rotatable bonds is 8. The number of hydrogen-bond acceptors (Lipinski definition) is 0. The van der Waals surface area contributed by atoms with Crippen LogP contribution in [0, 0.1) is 0 Å². The third-order valence-electron chi connectivity index (χ3n) is 3.93. The van der Waals surface area contributed by atoms with E-state index in [0.717, 1.165) is 12.8 Å². The van der Waals surface area contributed by atoms with Crippen LogP contribution in [0.4, 0.5) is 0 Å². The van der Waals surface area contributed by atoms with Crippen molar-refractivity contribution in [3.8, 4) is 0 Å². The van der Waals surface area contributed by atoms with E-state index in [1.165, 1.54) is 34.4 Å². The second-order valence-corrected chi connectivity index (χ2v) is 20.9. The van der Waals surface area contributed by atoms with E-state index in [0.29, 0.717) is 0 Å². The Kier molecular flexibility index (Phi) is 11.9. The molecule has 0 aliphatic carbocycles. The van der Waals surface area contributed by atoms with Crippen LogP contribution in [0.1, 0.15) is 11.1 Å². The second-order valence-electron chi connectivity index (χ2n) is 9.91. The van der Waals surface area contributed by atoms with Gasteiger partial charge in [0.2, 0.25) is 0 Å². The van der Waals surface area contributed by atoms with Crippen molar-refractivity contribution in [3.05, 3.63) is 84.0 Å². The van der Waals surface area contributed by atoms with Gasteiger partial charge in [0.1, 0.15) is 0 Å². The predicted octanol–water partition coefficient (Wildman–Crippen LogP) is 7.68.